The van der Waals surface area contributed by atoms with E-state index in [4.69, 9.17) is 11.6 Å². The highest BCUT2D eigenvalue weighted by Gasteiger charge is 2.04. The molecule has 0 aliphatic heterocycles. The highest BCUT2D eigenvalue weighted by atomic mass is 35.5. The first-order valence-corrected chi connectivity index (χ1v) is 7.78. The highest BCUT2D eigenvalue weighted by Crippen LogP contribution is 2.15. The van der Waals surface area contributed by atoms with E-state index in [1.165, 1.54) is 50.9 Å². The molecule has 0 radical (unpaired) electrons. The summed E-state index contributed by atoms with van der Waals surface area (Å²) >= 11 is 5.70. The lowest BCUT2D eigenvalue weighted by atomic mass is 10.2. The van der Waals surface area contributed by atoms with Crippen molar-refractivity contribution in [3.63, 3.8) is 0 Å². The van der Waals surface area contributed by atoms with Gasteiger partial charge in [0, 0.05) is 24.7 Å². The molecule has 0 amide bonds. The number of hydrogen-bond donors (Lipinski definition) is 0. The summed E-state index contributed by atoms with van der Waals surface area (Å²) < 4.78 is 0. The van der Waals surface area contributed by atoms with E-state index in [9.17, 15) is 0 Å². The zero-order valence-electron chi connectivity index (χ0n) is 11.6. The van der Waals surface area contributed by atoms with Gasteiger partial charge in [-0.15, -0.1) is 11.6 Å². The summed E-state index contributed by atoms with van der Waals surface area (Å²) in [5.41, 5.74) is 1.36. The molecule has 0 saturated heterocycles. The van der Waals surface area contributed by atoms with Crippen LogP contribution in [0.2, 0.25) is 0 Å². The monoisotopic (exact) mass is 267 g/mol. The standard InChI is InChI=1S/C16H26ClN/c1-2-3-14-18(15-10-5-4-9-13-17)16-11-7-6-8-12-16/h6-8,11-12H,2-5,9-10,13-15H2,1H3. The Morgan fingerprint density at radius 2 is 1.56 bits per heavy atom. The second-order valence-corrected chi connectivity index (χ2v) is 5.16. The van der Waals surface area contributed by atoms with E-state index < -0.39 is 0 Å². The lowest BCUT2D eigenvalue weighted by molar-refractivity contribution is 0.631. The largest absolute Gasteiger partial charge is 0.372 e. The van der Waals surface area contributed by atoms with Crippen LogP contribution in [0.15, 0.2) is 30.3 Å². The highest BCUT2D eigenvalue weighted by molar-refractivity contribution is 6.17. The molecule has 0 unspecified atom stereocenters. The molecule has 1 aromatic rings. The zero-order chi connectivity index (χ0) is 13.1. The van der Waals surface area contributed by atoms with Crippen LogP contribution in [0.25, 0.3) is 0 Å². The Bertz CT molecular complexity index is 286. The molecule has 0 saturated carbocycles. The van der Waals surface area contributed by atoms with Crippen molar-refractivity contribution in [1.82, 2.24) is 0 Å². The van der Waals surface area contributed by atoms with Gasteiger partial charge in [0.15, 0.2) is 0 Å². The van der Waals surface area contributed by atoms with Gasteiger partial charge >= 0.3 is 0 Å². The van der Waals surface area contributed by atoms with E-state index in [0.29, 0.717) is 0 Å². The number of nitrogens with zero attached hydrogens (tertiary/aromatic N) is 1. The molecule has 0 bridgehead atoms. The molecule has 0 heterocycles. The van der Waals surface area contributed by atoms with E-state index in [-0.39, 0.29) is 0 Å². The molecule has 0 aliphatic rings. The number of rotatable bonds is 10. The maximum Gasteiger partial charge on any atom is 0.0366 e. The van der Waals surface area contributed by atoms with Crippen LogP contribution < -0.4 is 4.90 Å². The van der Waals surface area contributed by atoms with Crippen molar-refractivity contribution in [2.45, 2.75) is 45.4 Å². The van der Waals surface area contributed by atoms with E-state index in [2.05, 4.69) is 42.2 Å². The van der Waals surface area contributed by atoms with Gasteiger partial charge in [-0.1, -0.05) is 44.4 Å². The molecule has 0 fully saturated rings. The zero-order valence-corrected chi connectivity index (χ0v) is 12.3. The lowest BCUT2D eigenvalue weighted by Crippen LogP contribution is -2.25. The quantitative estimate of drug-likeness (QED) is 0.421. The Balaban J connectivity index is 2.36. The second-order valence-electron chi connectivity index (χ2n) is 4.78. The fourth-order valence-corrected chi connectivity index (χ4v) is 2.30. The Morgan fingerprint density at radius 1 is 0.889 bits per heavy atom. The first-order chi connectivity index (χ1) is 8.88. The van der Waals surface area contributed by atoms with E-state index >= 15 is 0 Å². The van der Waals surface area contributed by atoms with Gasteiger partial charge in [0.2, 0.25) is 0 Å². The minimum atomic E-state index is 0.804. The molecule has 0 spiro atoms. The van der Waals surface area contributed by atoms with Crippen molar-refractivity contribution >= 4 is 17.3 Å². The third kappa shape index (κ3) is 6.30. The molecule has 1 nitrogen and oxygen atoms in total. The molecular formula is C16H26ClN. The first kappa shape index (κ1) is 15.4. The number of unbranched alkanes of at least 4 members (excludes halogenated alkanes) is 4. The number of halogens is 1. The lowest BCUT2D eigenvalue weighted by Gasteiger charge is -2.24. The van der Waals surface area contributed by atoms with Gasteiger partial charge in [0.05, 0.1) is 0 Å². The van der Waals surface area contributed by atoms with Crippen molar-refractivity contribution in [3.05, 3.63) is 30.3 Å². The Labute approximate surface area is 117 Å². The Hall–Kier alpha value is -0.690. The third-order valence-electron chi connectivity index (χ3n) is 3.21. The maximum atomic E-state index is 5.70. The summed E-state index contributed by atoms with van der Waals surface area (Å²) in [4.78, 5) is 2.52. The van der Waals surface area contributed by atoms with E-state index in [0.717, 1.165) is 12.3 Å². The van der Waals surface area contributed by atoms with Crippen LogP contribution in [0.5, 0.6) is 0 Å². The summed E-state index contributed by atoms with van der Waals surface area (Å²) in [6, 6.07) is 10.8. The van der Waals surface area contributed by atoms with E-state index in [1.54, 1.807) is 0 Å². The molecule has 1 aromatic carbocycles. The van der Waals surface area contributed by atoms with Crippen LogP contribution in [-0.2, 0) is 0 Å². The van der Waals surface area contributed by atoms with Crippen LogP contribution in [0, 0.1) is 0 Å². The molecule has 1 rings (SSSR count). The van der Waals surface area contributed by atoms with Crippen LogP contribution in [-0.4, -0.2) is 19.0 Å². The minimum absolute atomic E-state index is 0.804. The van der Waals surface area contributed by atoms with Gasteiger partial charge in [-0.05, 0) is 31.4 Å². The van der Waals surface area contributed by atoms with Crippen LogP contribution in [0.4, 0.5) is 5.69 Å². The van der Waals surface area contributed by atoms with Crippen molar-refractivity contribution in [2.24, 2.45) is 0 Å². The van der Waals surface area contributed by atoms with Gasteiger partial charge in [-0.2, -0.15) is 0 Å². The topological polar surface area (TPSA) is 3.24 Å². The Kier molecular flexibility index (Phi) is 8.75. The first-order valence-electron chi connectivity index (χ1n) is 7.24. The second kappa shape index (κ2) is 10.3. The average Bonchev–Trinajstić information content (AvgIpc) is 2.43. The van der Waals surface area contributed by atoms with Gasteiger partial charge < -0.3 is 4.90 Å². The normalized spacial score (nSPS) is 10.6. The van der Waals surface area contributed by atoms with Crippen molar-refractivity contribution in [2.75, 3.05) is 23.9 Å². The number of alkyl halides is 1. The van der Waals surface area contributed by atoms with Gasteiger partial charge in [-0.25, -0.2) is 0 Å². The van der Waals surface area contributed by atoms with Crippen LogP contribution in [0.3, 0.4) is 0 Å². The summed E-state index contributed by atoms with van der Waals surface area (Å²) in [7, 11) is 0. The number of para-hydroxylation sites is 1. The minimum Gasteiger partial charge on any atom is -0.372 e. The summed E-state index contributed by atoms with van der Waals surface area (Å²) in [6.07, 6.45) is 7.52. The van der Waals surface area contributed by atoms with Gasteiger partial charge in [-0.3, -0.25) is 0 Å². The third-order valence-corrected chi connectivity index (χ3v) is 3.48. The summed E-state index contributed by atoms with van der Waals surface area (Å²) in [6.45, 7) is 4.60. The molecular weight excluding hydrogens is 242 g/mol. The van der Waals surface area contributed by atoms with E-state index in [1.807, 2.05) is 0 Å². The Morgan fingerprint density at radius 3 is 2.22 bits per heavy atom. The number of benzene rings is 1. The SMILES string of the molecule is CCCCN(CCCCCCCl)c1ccccc1. The fourth-order valence-electron chi connectivity index (χ4n) is 2.11. The molecule has 2 heteroatoms. The summed E-state index contributed by atoms with van der Waals surface area (Å²) in [5.74, 6) is 0.804. The molecule has 0 N–H and O–H groups in total. The average molecular weight is 268 g/mol. The predicted octanol–water partition coefficient (Wildman–Crippen LogP) is 5.09. The predicted molar refractivity (Wildman–Crippen MR) is 82.8 cm³/mol. The van der Waals surface area contributed by atoms with Crippen molar-refractivity contribution in [1.29, 1.82) is 0 Å². The van der Waals surface area contributed by atoms with Gasteiger partial charge in [0.25, 0.3) is 0 Å². The van der Waals surface area contributed by atoms with Crippen LogP contribution in [0.1, 0.15) is 45.4 Å². The number of hydrogen-bond acceptors (Lipinski definition) is 1. The molecule has 18 heavy (non-hydrogen) atoms. The molecule has 102 valence electrons. The molecule has 0 aliphatic carbocycles. The number of anilines is 1. The molecule has 0 atom stereocenters. The van der Waals surface area contributed by atoms with Gasteiger partial charge in [0.1, 0.15) is 0 Å². The van der Waals surface area contributed by atoms with Crippen molar-refractivity contribution in [3.8, 4) is 0 Å². The molecule has 0 aromatic heterocycles. The smallest absolute Gasteiger partial charge is 0.0366 e. The van der Waals surface area contributed by atoms with Crippen LogP contribution >= 0.6 is 11.6 Å². The fraction of sp³-hybridized carbons (Fsp3) is 0.625. The van der Waals surface area contributed by atoms with Crippen molar-refractivity contribution < 1.29 is 0 Å². The maximum absolute atomic E-state index is 5.70. The summed E-state index contributed by atoms with van der Waals surface area (Å²) in [5, 5.41) is 0.